The largest absolute Gasteiger partial charge is 0.609 e. The van der Waals surface area contributed by atoms with Crippen molar-refractivity contribution in [3.05, 3.63) is 67.1 Å². The Balaban J connectivity index is 1.58. The van der Waals surface area contributed by atoms with Gasteiger partial charge in [-0.3, -0.25) is 0 Å². The summed E-state index contributed by atoms with van der Waals surface area (Å²) in [5.74, 6) is 2.02. The Hall–Kier alpha value is -3.23. The van der Waals surface area contributed by atoms with E-state index >= 15 is 0 Å². The fourth-order valence-electron chi connectivity index (χ4n) is 2.44. The van der Waals surface area contributed by atoms with E-state index in [2.05, 4.69) is 25.3 Å². The number of hydrogen-bond donors (Lipinski definition) is 1. The predicted molar refractivity (Wildman–Crippen MR) is 104 cm³/mol. The van der Waals surface area contributed by atoms with Gasteiger partial charge < -0.3 is 14.6 Å². The van der Waals surface area contributed by atoms with E-state index in [1.54, 1.807) is 6.20 Å². The maximum Gasteiger partial charge on any atom is 0.343 e. The minimum Gasteiger partial charge on any atom is -0.609 e. The first-order valence-corrected chi connectivity index (χ1v) is 9.66. The Bertz CT molecular complexity index is 1060. The summed E-state index contributed by atoms with van der Waals surface area (Å²) in [6.45, 7) is 0. The Morgan fingerprint density at radius 2 is 1.67 bits per heavy atom. The van der Waals surface area contributed by atoms with Crippen molar-refractivity contribution in [1.29, 1.82) is 0 Å². The average Bonchev–Trinajstić information content (AvgIpc) is 2.70. The normalized spacial score (nSPS) is 11.9. The molecule has 4 rings (SSSR count). The van der Waals surface area contributed by atoms with E-state index in [9.17, 15) is 4.55 Å². The lowest BCUT2D eigenvalue weighted by Crippen LogP contribution is -2.06. The minimum absolute atomic E-state index is 0.243. The molecule has 0 radical (unpaired) electrons. The van der Waals surface area contributed by atoms with E-state index in [1.807, 2.05) is 54.6 Å². The zero-order valence-corrected chi connectivity index (χ0v) is 15.2. The highest BCUT2D eigenvalue weighted by atomic mass is 32.2. The molecule has 2 aromatic heterocycles. The monoisotopic (exact) mass is 377 g/mol. The molecule has 1 unspecified atom stereocenters. The minimum atomic E-state index is -1.28. The number of fused-ring (bicyclic) bond motifs is 1. The van der Waals surface area contributed by atoms with Gasteiger partial charge in [-0.1, -0.05) is 18.2 Å². The Kier molecular flexibility index (Phi) is 4.82. The number of hydrogen-bond acceptors (Lipinski definition) is 7. The van der Waals surface area contributed by atoms with Gasteiger partial charge in [-0.15, -0.1) is 0 Å². The topological polar surface area (TPSA) is 95.9 Å². The lowest BCUT2D eigenvalue weighted by atomic mass is 10.3. The molecule has 4 aromatic rings. The van der Waals surface area contributed by atoms with Crippen molar-refractivity contribution in [2.45, 2.75) is 5.16 Å². The van der Waals surface area contributed by atoms with Crippen LogP contribution in [0, 0.1) is 0 Å². The summed E-state index contributed by atoms with van der Waals surface area (Å²) in [6, 6.07) is 17.1. The summed E-state index contributed by atoms with van der Waals surface area (Å²) in [6.07, 6.45) is 4.51. The molecule has 0 aliphatic heterocycles. The Labute approximate surface area is 158 Å². The van der Waals surface area contributed by atoms with Crippen LogP contribution < -0.4 is 10.1 Å². The Morgan fingerprint density at radius 3 is 2.41 bits per heavy atom. The number of anilines is 2. The lowest BCUT2D eigenvalue weighted by Gasteiger charge is -2.10. The van der Waals surface area contributed by atoms with Gasteiger partial charge in [-0.2, -0.15) is 9.97 Å². The van der Waals surface area contributed by atoms with Crippen LogP contribution in [0.2, 0.25) is 0 Å². The average molecular weight is 377 g/mol. The van der Waals surface area contributed by atoms with Gasteiger partial charge in [-0.25, -0.2) is 9.97 Å². The van der Waals surface area contributed by atoms with Crippen LogP contribution in [0.15, 0.2) is 72.3 Å². The molecule has 2 aromatic carbocycles. The maximum absolute atomic E-state index is 11.7. The van der Waals surface area contributed by atoms with E-state index in [1.165, 1.54) is 12.6 Å². The summed E-state index contributed by atoms with van der Waals surface area (Å²) in [5, 5.41) is 3.45. The first-order chi connectivity index (χ1) is 13.2. The SMILES string of the molecule is C[S+]([O-])c1ncc2ncnc(Nc3ccc(Oc4ccccc4)cc3)c2n1. The van der Waals surface area contributed by atoms with Crippen molar-refractivity contribution < 1.29 is 9.29 Å². The molecule has 0 aliphatic carbocycles. The number of aromatic nitrogens is 4. The highest BCUT2D eigenvalue weighted by molar-refractivity contribution is 7.90. The fraction of sp³-hybridized carbons (Fsp3) is 0.0526. The number of nitrogens with one attached hydrogen (secondary N) is 1. The first kappa shape index (κ1) is 17.2. The van der Waals surface area contributed by atoms with E-state index in [4.69, 9.17) is 4.74 Å². The summed E-state index contributed by atoms with van der Waals surface area (Å²) in [5.41, 5.74) is 1.90. The van der Waals surface area contributed by atoms with E-state index in [0.717, 1.165) is 17.2 Å². The van der Waals surface area contributed by atoms with Gasteiger partial charge in [0.2, 0.25) is 0 Å². The molecule has 0 amide bonds. The van der Waals surface area contributed by atoms with Crippen molar-refractivity contribution in [1.82, 2.24) is 19.9 Å². The van der Waals surface area contributed by atoms with Gasteiger partial charge in [0.1, 0.15) is 35.1 Å². The molecular weight excluding hydrogens is 362 g/mol. The molecule has 0 spiro atoms. The van der Waals surface area contributed by atoms with E-state index in [0.29, 0.717) is 16.9 Å². The summed E-state index contributed by atoms with van der Waals surface area (Å²) in [7, 11) is 0. The van der Waals surface area contributed by atoms with E-state index in [-0.39, 0.29) is 5.16 Å². The van der Waals surface area contributed by atoms with Gasteiger partial charge >= 0.3 is 5.16 Å². The van der Waals surface area contributed by atoms with Crippen LogP contribution in [0.25, 0.3) is 11.0 Å². The number of rotatable bonds is 5. The second-order valence-corrected chi connectivity index (χ2v) is 6.90. The number of benzene rings is 2. The van der Waals surface area contributed by atoms with Crippen molar-refractivity contribution in [2.75, 3.05) is 11.6 Å². The van der Waals surface area contributed by atoms with Crippen LogP contribution in [0.3, 0.4) is 0 Å². The first-order valence-electron chi connectivity index (χ1n) is 8.10. The van der Waals surface area contributed by atoms with Crippen LogP contribution in [0.5, 0.6) is 11.5 Å². The quantitative estimate of drug-likeness (QED) is 0.418. The standard InChI is InChI=1S/C19H15N5O2S/c1-27(25)19-20-11-16-17(24-19)18(22-12-21-16)23-13-7-9-15(10-8-13)26-14-5-3-2-4-6-14/h2-12H,1H3,(H,21,22,23). The fourth-order valence-corrected chi connectivity index (χ4v) is 2.86. The van der Waals surface area contributed by atoms with Gasteiger partial charge in [0, 0.05) is 16.9 Å². The molecule has 1 atom stereocenters. The van der Waals surface area contributed by atoms with Crippen LogP contribution in [0.1, 0.15) is 0 Å². The third-order valence-corrected chi connectivity index (χ3v) is 4.42. The summed E-state index contributed by atoms with van der Waals surface area (Å²) in [4.78, 5) is 16.8. The summed E-state index contributed by atoms with van der Waals surface area (Å²) >= 11 is -1.28. The van der Waals surface area contributed by atoms with Crippen molar-refractivity contribution in [2.24, 2.45) is 0 Å². The molecular formula is C19H15N5O2S. The molecule has 0 fully saturated rings. The lowest BCUT2D eigenvalue weighted by molar-refractivity contribution is 0.483. The van der Waals surface area contributed by atoms with Crippen molar-refractivity contribution in [3.63, 3.8) is 0 Å². The zero-order chi connectivity index (χ0) is 18.6. The Morgan fingerprint density at radius 1 is 0.926 bits per heavy atom. The molecule has 8 heteroatoms. The molecule has 0 bridgehead atoms. The van der Waals surface area contributed by atoms with Gasteiger partial charge in [0.05, 0.1) is 6.20 Å². The molecule has 1 N–H and O–H groups in total. The van der Waals surface area contributed by atoms with Gasteiger partial charge in [0.15, 0.2) is 5.82 Å². The van der Waals surface area contributed by atoms with Crippen molar-refractivity contribution in [3.8, 4) is 11.5 Å². The third-order valence-electron chi connectivity index (χ3n) is 3.71. The van der Waals surface area contributed by atoms with Crippen LogP contribution >= 0.6 is 0 Å². The van der Waals surface area contributed by atoms with E-state index < -0.39 is 11.2 Å². The van der Waals surface area contributed by atoms with Gasteiger partial charge in [0.25, 0.3) is 0 Å². The molecule has 0 saturated heterocycles. The number of para-hydroxylation sites is 1. The second kappa shape index (κ2) is 7.56. The predicted octanol–water partition coefficient (Wildman–Crippen LogP) is 3.69. The summed E-state index contributed by atoms with van der Waals surface area (Å²) < 4.78 is 17.4. The molecule has 2 heterocycles. The molecule has 0 aliphatic rings. The zero-order valence-electron chi connectivity index (χ0n) is 14.4. The molecule has 27 heavy (non-hydrogen) atoms. The number of ether oxygens (including phenoxy) is 1. The molecule has 134 valence electrons. The van der Waals surface area contributed by atoms with Crippen molar-refractivity contribution >= 4 is 33.7 Å². The highest BCUT2D eigenvalue weighted by Gasteiger charge is 2.13. The molecule has 0 saturated carbocycles. The van der Waals surface area contributed by atoms with Crippen LogP contribution in [-0.4, -0.2) is 30.7 Å². The van der Waals surface area contributed by atoms with Crippen LogP contribution in [-0.2, 0) is 11.2 Å². The third kappa shape index (κ3) is 3.97. The highest BCUT2D eigenvalue weighted by Crippen LogP contribution is 2.25. The maximum atomic E-state index is 11.7. The molecule has 7 nitrogen and oxygen atoms in total. The second-order valence-electron chi connectivity index (χ2n) is 5.63. The smallest absolute Gasteiger partial charge is 0.343 e. The van der Waals surface area contributed by atoms with Gasteiger partial charge in [-0.05, 0) is 36.4 Å². The van der Waals surface area contributed by atoms with Crippen LogP contribution in [0.4, 0.5) is 11.5 Å². The number of nitrogens with zero attached hydrogens (tertiary/aromatic N) is 4.